The first-order valence-electron chi connectivity index (χ1n) is 7.95. The van der Waals surface area contributed by atoms with Gasteiger partial charge in [0.15, 0.2) is 0 Å². The molecule has 2 aliphatic heterocycles. The van der Waals surface area contributed by atoms with E-state index in [-0.39, 0.29) is 24.3 Å². The predicted molar refractivity (Wildman–Crippen MR) is 88.5 cm³/mol. The van der Waals surface area contributed by atoms with Crippen molar-refractivity contribution in [1.29, 1.82) is 0 Å². The van der Waals surface area contributed by atoms with E-state index in [0.717, 1.165) is 24.3 Å². The molecule has 22 heavy (non-hydrogen) atoms. The zero-order valence-electron chi connectivity index (χ0n) is 13.1. The molecule has 2 atom stereocenters. The fourth-order valence-corrected chi connectivity index (χ4v) is 5.24. The molecule has 2 aliphatic rings. The summed E-state index contributed by atoms with van der Waals surface area (Å²) in [7, 11) is -3.24. The third-order valence-corrected chi connectivity index (χ3v) is 6.87. The molecule has 0 radical (unpaired) electrons. The molecular formula is C14H26N2O4S2. The number of ether oxygens (including phenoxy) is 1. The number of amides is 1. The average molecular weight is 351 g/mol. The quantitative estimate of drug-likeness (QED) is 0.736. The topological polar surface area (TPSA) is 75.7 Å². The predicted octanol–water partition coefficient (Wildman–Crippen LogP) is 0.829. The van der Waals surface area contributed by atoms with Crippen molar-refractivity contribution < 1.29 is 17.9 Å². The molecule has 8 heteroatoms. The zero-order valence-corrected chi connectivity index (χ0v) is 14.8. The van der Waals surface area contributed by atoms with Crippen LogP contribution >= 0.6 is 11.8 Å². The fourth-order valence-electron chi connectivity index (χ4n) is 2.75. The molecule has 0 aromatic heterocycles. The van der Waals surface area contributed by atoms with E-state index in [4.69, 9.17) is 4.74 Å². The third-order valence-electron chi connectivity index (χ3n) is 4.06. The number of rotatable bonds is 7. The molecule has 2 heterocycles. The van der Waals surface area contributed by atoms with Crippen LogP contribution in [0.25, 0.3) is 0 Å². The lowest BCUT2D eigenvalue weighted by molar-refractivity contribution is -0.121. The summed E-state index contributed by atoms with van der Waals surface area (Å²) in [5.41, 5.74) is 0. The van der Waals surface area contributed by atoms with Crippen LogP contribution in [0.15, 0.2) is 0 Å². The maximum atomic E-state index is 12.1. The molecule has 0 aliphatic carbocycles. The summed E-state index contributed by atoms with van der Waals surface area (Å²) in [6, 6.07) is 0. The highest BCUT2D eigenvalue weighted by Crippen LogP contribution is 2.22. The first-order valence-corrected chi connectivity index (χ1v) is 10.7. The molecule has 0 unspecified atom stereocenters. The van der Waals surface area contributed by atoms with Crippen LogP contribution in [0.1, 0.15) is 32.6 Å². The van der Waals surface area contributed by atoms with Gasteiger partial charge in [-0.2, -0.15) is 11.8 Å². The van der Waals surface area contributed by atoms with Gasteiger partial charge in [0.05, 0.1) is 18.0 Å². The van der Waals surface area contributed by atoms with Crippen molar-refractivity contribution in [1.82, 2.24) is 9.62 Å². The number of hydrogen-bond acceptors (Lipinski definition) is 5. The van der Waals surface area contributed by atoms with E-state index in [1.807, 2.05) is 6.92 Å². The van der Waals surface area contributed by atoms with Gasteiger partial charge in [-0.05, 0) is 26.2 Å². The van der Waals surface area contributed by atoms with Crippen LogP contribution in [0, 0.1) is 0 Å². The van der Waals surface area contributed by atoms with Gasteiger partial charge >= 0.3 is 0 Å². The van der Waals surface area contributed by atoms with Crippen LogP contribution in [-0.2, 0) is 19.6 Å². The molecule has 0 bridgehead atoms. The van der Waals surface area contributed by atoms with Crippen LogP contribution in [0.3, 0.4) is 0 Å². The van der Waals surface area contributed by atoms with Gasteiger partial charge in [-0.1, -0.05) is 0 Å². The summed E-state index contributed by atoms with van der Waals surface area (Å²) in [4.78, 5) is 11.8. The summed E-state index contributed by atoms with van der Waals surface area (Å²) < 4.78 is 31.4. The lowest BCUT2D eigenvalue weighted by atomic mass is 10.1. The summed E-state index contributed by atoms with van der Waals surface area (Å²) in [5, 5.41) is 2.71. The minimum atomic E-state index is -3.24. The summed E-state index contributed by atoms with van der Waals surface area (Å²) >= 11 is 1.77. The molecule has 0 saturated carbocycles. The molecule has 1 amide bonds. The summed E-state index contributed by atoms with van der Waals surface area (Å²) in [5.74, 6) is 1.60. The van der Waals surface area contributed by atoms with Crippen LogP contribution in [-0.4, -0.2) is 67.7 Å². The van der Waals surface area contributed by atoms with Gasteiger partial charge in [-0.15, -0.1) is 0 Å². The van der Waals surface area contributed by atoms with E-state index in [1.54, 1.807) is 11.8 Å². The van der Waals surface area contributed by atoms with Crippen molar-refractivity contribution >= 4 is 27.7 Å². The molecule has 6 nitrogen and oxygen atoms in total. The van der Waals surface area contributed by atoms with Gasteiger partial charge in [-0.3, -0.25) is 4.79 Å². The number of carbonyl (C=O) groups is 1. The van der Waals surface area contributed by atoms with Crippen LogP contribution in [0.4, 0.5) is 0 Å². The Morgan fingerprint density at radius 2 is 2.05 bits per heavy atom. The molecule has 128 valence electrons. The smallest absolute Gasteiger partial charge is 0.220 e. The van der Waals surface area contributed by atoms with Gasteiger partial charge in [0.25, 0.3) is 0 Å². The molecule has 2 rings (SSSR count). The van der Waals surface area contributed by atoms with Crippen LogP contribution in [0.2, 0.25) is 0 Å². The Morgan fingerprint density at radius 3 is 2.68 bits per heavy atom. The van der Waals surface area contributed by atoms with E-state index < -0.39 is 10.0 Å². The van der Waals surface area contributed by atoms with Crippen molar-refractivity contribution in [3.63, 3.8) is 0 Å². The van der Waals surface area contributed by atoms with Gasteiger partial charge in [-0.25, -0.2) is 12.7 Å². The molecule has 2 fully saturated rings. The fraction of sp³-hybridized carbons (Fsp3) is 0.929. The lowest BCUT2D eigenvalue weighted by Gasteiger charge is -2.25. The first-order chi connectivity index (χ1) is 10.5. The van der Waals surface area contributed by atoms with E-state index >= 15 is 0 Å². The Hall–Kier alpha value is -0.310. The van der Waals surface area contributed by atoms with E-state index in [9.17, 15) is 13.2 Å². The van der Waals surface area contributed by atoms with Gasteiger partial charge < -0.3 is 10.1 Å². The molecule has 0 spiro atoms. The minimum Gasteiger partial charge on any atom is -0.375 e. The largest absolute Gasteiger partial charge is 0.375 e. The lowest BCUT2D eigenvalue weighted by Crippen LogP contribution is -2.41. The standard InChI is InChI=1S/C14H26N2O4S2/c1-12-2-3-13(20-12)4-5-14(17)15-6-11-22(18,19)16-7-9-21-10-8-16/h12-13H,2-11H2,1H3,(H,15,17)/t12-,13+/m0/s1. The normalized spacial score (nSPS) is 27.0. The minimum absolute atomic E-state index is 0.0135. The van der Waals surface area contributed by atoms with Crippen molar-refractivity contribution in [2.24, 2.45) is 0 Å². The first kappa shape index (κ1) is 18.0. The molecular weight excluding hydrogens is 324 g/mol. The number of sulfonamides is 1. The molecule has 1 N–H and O–H groups in total. The van der Waals surface area contributed by atoms with E-state index in [1.165, 1.54) is 4.31 Å². The third kappa shape index (κ3) is 5.72. The summed E-state index contributed by atoms with van der Waals surface area (Å²) in [6.45, 7) is 3.40. The van der Waals surface area contributed by atoms with Crippen molar-refractivity contribution in [3.05, 3.63) is 0 Å². The monoisotopic (exact) mass is 350 g/mol. The van der Waals surface area contributed by atoms with Gasteiger partial charge in [0.2, 0.25) is 15.9 Å². The summed E-state index contributed by atoms with van der Waals surface area (Å²) in [6.07, 6.45) is 3.65. The van der Waals surface area contributed by atoms with Crippen LogP contribution < -0.4 is 5.32 Å². The SMILES string of the molecule is C[C@H]1CC[C@H](CCC(=O)NCCS(=O)(=O)N2CCSCC2)O1. The number of hydrogen-bond donors (Lipinski definition) is 1. The van der Waals surface area contributed by atoms with E-state index in [2.05, 4.69) is 5.32 Å². The maximum absolute atomic E-state index is 12.1. The average Bonchev–Trinajstić information content (AvgIpc) is 2.91. The zero-order chi connectivity index (χ0) is 16.0. The highest BCUT2D eigenvalue weighted by Gasteiger charge is 2.24. The highest BCUT2D eigenvalue weighted by atomic mass is 32.2. The molecule has 0 aromatic carbocycles. The van der Waals surface area contributed by atoms with E-state index in [0.29, 0.717) is 32.0 Å². The van der Waals surface area contributed by atoms with Gasteiger partial charge in [0.1, 0.15) is 0 Å². The number of nitrogens with one attached hydrogen (secondary N) is 1. The Labute approximate surface area is 137 Å². The maximum Gasteiger partial charge on any atom is 0.220 e. The molecule has 2 saturated heterocycles. The Morgan fingerprint density at radius 1 is 1.32 bits per heavy atom. The van der Waals surface area contributed by atoms with Crippen molar-refractivity contribution in [2.45, 2.75) is 44.8 Å². The Kier molecular flexibility index (Phi) is 6.98. The van der Waals surface area contributed by atoms with Crippen molar-refractivity contribution in [2.75, 3.05) is 36.9 Å². The second-order valence-corrected chi connectivity index (χ2v) is 9.18. The Bertz CT molecular complexity index is 463. The number of nitrogens with zero attached hydrogens (tertiary/aromatic N) is 1. The molecule has 0 aromatic rings. The van der Waals surface area contributed by atoms with Crippen molar-refractivity contribution in [3.8, 4) is 0 Å². The number of thioether (sulfide) groups is 1. The van der Waals surface area contributed by atoms with Gasteiger partial charge in [0, 0.05) is 37.6 Å². The second-order valence-electron chi connectivity index (χ2n) is 5.86. The highest BCUT2D eigenvalue weighted by molar-refractivity contribution is 7.99. The van der Waals surface area contributed by atoms with Crippen LogP contribution in [0.5, 0.6) is 0 Å². The number of carbonyl (C=O) groups excluding carboxylic acids is 1. The second kappa shape index (κ2) is 8.52. The Balaban J connectivity index is 1.61.